The summed E-state index contributed by atoms with van der Waals surface area (Å²) in [4.78, 5) is 0. The van der Waals surface area contributed by atoms with Crippen LogP contribution in [0.25, 0.3) is 44.2 Å². The van der Waals surface area contributed by atoms with Crippen molar-refractivity contribution in [2.75, 3.05) is 0 Å². The first-order chi connectivity index (χ1) is 12.8. The number of nitrogens with one attached hydrogen (secondary N) is 1. The Morgan fingerprint density at radius 3 is 2.42 bits per heavy atom. The second-order valence-corrected chi connectivity index (χ2v) is 7.30. The van der Waals surface area contributed by atoms with Crippen LogP contribution in [0.3, 0.4) is 0 Å². The van der Waals surface area contributed by atoms with Crippen LogP contribution >= 0.6 is 0 Å². The standard InChI is InChI=1S/C21H15AsN4/c22-20-18-17(14-8-2-1-3-9-14)19(23-25-21(18)26-24-20)16-12-6-10-13-7-4-5-11-15(13)16/h1-12H,22H2,(H,24,25,26). The average Bonchev–Trinajstić information content (AvgIpc) is 3.08. The Balaban J connectivity index is 1.93. The molecule has 1 unspecified atom stereocenters. The molecule has 0 radical (unpaired) electrons. The van der Waals surface area contributed by atoms with E-state index in [1.165, 1.54) is 27.6 Å². The SMILES string of the molecule is [AsH2]c1n[nH]c2nnc(-c3cccc4ccccc34)c(-c3ccccc3)c12. The van der Waals surface area contributed by atoms with E-state index in [4.69, 9.17) is 0 Å². The first-order valence-electron chi connectivity index (χ1n) is 8.37. The van der Waals surface area contributed by atoms with E-state index in [0.717, 1.165) is 37.9 Å². The maximum absolute atomic E-state index is 4.60. The maximum atomic E-state index is 4.60. The van der Waals surface area contributed by atoms with Gasteiger partial charge in [0.1, 0.15) is 0 Å². The minimum absolute atomic E-state index is 0.729. The monoisotopic (exact) mass is 398 g/mol. The number of aromatic amines is 1. The third-order valence-corrected chi connectivity index (χ3v) is 5.50. The van der Waals surface area contributed by atoms with Crippen molar-refractivity contribution in [1.82, 2.24) is 20.4 Å². The topological polar surface area (TPSA) is 54.5 Å². The summed E-state index contributed by atoms with van der Waals surface area (Å²) in [5, 5.41) is 19.8. The molecule has 2 aromatic heterocycles. The zero-order chi connectivity index (χ0) is 17.5. The van der Waals surface area contributed by atoms with Crippen molar-refractivity contribution in [2.45, 2.75) is 0 Å². The number of nitrogens with zero attached hydrogens (tertiary/aromatic N) is 3. The predicted octanol–water partition coefficient (Wildman–Crippen LogP) is 3.10. The molecule has 0 saturated carbocycles. The molecule has 5 aromatic rings. The zero-order valence-corrected chi connectivity index (χ0v) is 16.3. The van der Waals surface area contributed by atoms with E-state index < -0.39 is 0 Å². The summed E-state index contributed by atoms with van der Waals surface area (Å²) in [5.74, 6) is 0. The molecule has 124 valence electrons. The van der Waals surface area contributed by atoms with E-state index in [9.17, 15) is 0 Å². The number of hydrogen-bond donors (Lipinski definition) is 1. The van der Waals surface area contributed by atoms with Gasteiger partial charge in [-0.25, -0.2) is 0 Å². The molecule has 0 aliphatic carbocycles. The van der Waals surface area contributed by atoms with E-state index in [1.54, 1.807) is 0 Å². The summed E-state index contributed by atoms with van der Waals surface area (Å²) >= 11 is 1.48. The van der Waals surface area contributed by atoms with Gasteiger partial charge in [-0.2, -0.15) is 0 Å². The summed E-state index contributed by atoms with van der Waals surface area (Å²) in [6.07, 6.45) is 0. The van der Waals surface area contributed by atoms with Crippen LogP contribution in [0.1, 0.15) is 0 Å². The van der Waals surface area contributed by atoms with Gasteiger partial charge in [0.25, 0.3) is 0 Å². The Morgan fingerprint density at radius 1 is 0.769 bits per heavy atom. The summed E-state index contributed by atoms with van der Waals surface area (Å²) in [6, 6.07) is 25.1. The van der Waals surface area contributed by atoms with Crippen LogP contribution in [0.15, 0.2) is 72.8 Å². The fourth-order valence-electron chi connectivity index (χ4n) is 3.44. The second-order valence-electron chi connectivity index (χ2n) is 6.15. The normalized spacial score (nSPS) is 11.3. The molecule has 1 N–H and O–H groups in total. The van der Waals surface area contributed by atoms with Crippen molar-refractivity contribution in [3.63, 3.8) is 0 Å². The molecular weight excluding hydrogens is 383 g/mol. The van der Waals surface area contributed by atoms with Gasteiger partial charge in [0, 0.05) is 0 Å². The molecule has 3 aromatic carbocycles. The molecule has 0 bridgehead atoms. The fourth-order valence-corrected chi connectivity index (χ4v) is 4.16. The molecule has 0 aliphatic heterocycles. The molecule has 0 saturated heterocycles. The van der Waals surface area contributed by atoms with Crippen LogP contribution in [-0.2, 0) is 0 Å². The van der Waals surface area contributed by atoms with Crippen molar-refractivity contribution < 1.29 is 0 Å². The molecular formula is C21H15AsN4. The van der Waals surface area contributed by atoms with Gasteiger partial charge in [0.2, 0.25) is 0 Å². The fraction of sp³-hybridized carbons (Fsp3) is 0. The Morgan fingerprint density at radius 2 is 1.54 bits per heavy atom. The Labute approximate surface area is 158 Å². The summed E-state index contributed by atoms with van der Waals surface area (Å²) in [5.41, 5.74) is 4.91. The third-order valence-electron chi connectivity index (χ3n) is 4.62. The molecule has 1 atom stereocenters. The van der Waals surface area contributed by atoms with Gasteiger partial charge in [-0.1, -0.05) is 0 Å². The Hall–Kier alpha value is -2.97. The van der Waals surface area contributed by atoms with Gasteiger partial charge in [0.05, 0.1) is 0 Å². The molecule has 5 rings (SSSR count). The molecule has 5 heteroatoms. The number of benzene rings is 3. The van der Waals surface area contributed by atoms with Gasteiger partial charge < -0.3 is 0 Å². The molecule has 4 nitrogen and oxygen atoms in total. The minimum atomic E-state index is 0.729. The predicted molar refractivity (Wildman–Crippen MR) is 108 cm³/mol. The molecule has 0 fully saturated rings. The van der Waals surface area contributed by atoms with Crippen LogP contribution in [0.5, 0.6) is 0 Å². The second kappa shape index (κ2) is 6.08. The summed E-state index contributed by atoms with van der Waals surface area (Å²) < 4.78 is 0.989. The number of fused-ring (bicyclic) bond motifs is 2. The van der Waals surface area contributed by atoms with E-state index >= 15 is 0 Å². The van der Waals surface area contributed by atoms with Gasteiger partial charge in [0.15, 0.2) is 0 Å². The van der Waals surface area contributed by atoms with Gasteiger partial charge in [-0.3, -0.25) is 0 Å². The van der Waals surface area contributed by atoms with E-state index in [0.29, 0.717) is 0 Å². The average molecular weight is 398 g/mol. The van der Waals surface area contributed by atoms with Crippen molar-refractivity contribution in [3.8, 4) is 22.4 Å². The van der Waals surface area contributed by atoms with Crippen molar-refractivity contribution in [3.05, 3.63) is 72.8 Å². The number of rotatable bonds is 2. The summed E-state index contributed by atoms with van der Waals surface area (Å²) in [6.45, 7) is 0. The van der Waals surface area contributed by atoms with Crippen LogP contribution < -0.4 is 4.48 Å². The van der Waals surface area contributed by atoms with Gasteiger partial charge in [-0.05, 0) is 0 Å². The van der Waals surface area contributed by atoms with Crippen LogP contribution in [-0.4, -0.2) is 37.2 Å². The van der Waals surface area contributed by atoms with E-state index in [1.807, 2.05) is 6.07 Å². The van der Waals surface area contributed by atoms with Gasteiger partial charge >= 0.3 is 159 Å². The zero-order valence-electron chi connectivity index (χ0n) is 13.8. The number of aromatic nitrogens is 4. The van der Waals surface area contributed by atoms with Crippen molar-refractivity contribution >= 4 is 43.1 Å². The van der Waals surface area contributed by atoms with Crippen LogP contribution in [0.4, 0.5) is 0 Å². The van der Waals surface area contributed by atoms with Crippen LogP contribution in [0, 0.1) is 0 Å². The molecule has 0 aliphatic rings. The molecule has 0 amide bonds. The summed E-state index contributed by atoms with van der Waals surface area (Å²) in [7, 11) is 0. The molecule has 26 heavy (non-hydrogen) atoms. The molecule has 0 spiro atoms. The van der Waals surface area contributed by atoms with E-state index in [2.05, 4.69) is 87.1 Å². The third kappa shape index (κ3) is 2.34. The van der Waals surface area contributed by atoms with Crippen molar-refractivity contribution in [1.29, 1.82) is 0 Å². The Bertz CT molecular complexity index is 1240. The van der Waals surface area contributed by atoms with Gasteiger partial charge in [-0.15, -0.1) is 0 Å². The first-order valence-corrected chi connectivity index (χ1v) is 9.58. The molecule has 2 heterocycles. The van der Waals surface area contributed by atoms with Crippen LogP contribution in [0.2, 0.25) is 0 Å². The first kappa shape index (κ1) is 15.3. The Kier molecular flexibility index (Phi) is 3.58. The number of hydrogen-bond acceptors (Lipinski definition) is 3. The quantitative estimate of drug-likeness (QED) is 0.465. The number of H-pyrrole nitrogens is 1. The van der Waals surface area contributed by atoms with Crippen molar-refractivity contribution in [2.24, 2.45) is 0 Å². The van der Waals surface area contributed by atoms with E-state index in [-0.39, 0.29) is 0 Å².